The van der Waals surface area contributed by atoms with Crippen LogP contribution < -0.4 is 11.5 Å². The van der Waals surface area contributed by atoms with Gasteiger partial charge in [0.2, 0.25) is 0 Å². The highest BCUT2D eigenvalue weighted by Crippen LogP contribution is 2.19. The summed E-state index contributed by atoms with van der Waals surface area (Å²) >= 11 is 0. The summed E-state index contributed by atoms with van der Waals surface area (Å²) in [7, 11) is 0. The maximum Gasteiger partial charge on any atom is 0.0435 e. The number of pyridine rings is 1. The normalized spacial score (nSPS) is 10.7. The quantitative estimate of drug-likeness (QED) is 0.704. The van der Waals surface area contributed by atoms with E-state index in [9.17, 15) is 0 Å². The molecule has 3 nitrogen and oxygen atoms in total. The van der Waals surface area contributed by atoms with E-state index >= 15 is 0 Å². The van der Waals surface area contributed by atoms with Gasteiger partial charge in [0.1, 0.15) is 0 Å². The molecule has 13 heavy (non-hydrogen) atoms. The minimum atomic E-state index is 0.427. The van der Waals surface area contributed by atoms with Crippen molar-refractivity contribution in [3.05, 3.63) is 30.1 Å². The van der Waals surface area contributed by atoms with Crippen LogP contribution in [0.3, 0.4) is 0 Å². The van der Waals surface area contributed by atoms with E-state index in [1.54, 1.807) is 0 Å². The molecule has 0 spiro atoms. The molecule has 0 saturated heterocycles. The number of hydrogen-bond acceptors (Lipinski definition) is 3. The van der Waals surface area contributed by atoms with Gasteiger partial charge in [-0.2, -0.15) is 0 Å². The number of rotatable bonds is 5. The summed E-state index contributed by atoms with van der Waals surface area (Å²) in [5, 5.41) is 0. The Morgan fingerprint density at radius 1 is 1.15 bits per heavy atom. The van der Waals surface area contributed by atoms with Gasteiger partial charge in [-0.05, 0) is 38.1 Å². The first-order chi connectivity index (χ1) is 6.38. The molecule has 0 bridgehead atoms. The number of aromatic nitrogens is 1. The van der Waals surface area contributed by atoms with Crippen molar-refractivity contribution in [2.75, 3.05) is 13.1 Å². The second-order valence-electron chi connectivity index (χ2n) is 3.11. The summed E-state index contributed by atoms with van der Waals surface area (Å²) in [5.41, 5.74) is 12.2. The topological polar surface area (TPSA) is 64.9 Å². The first kappa shape index (κ1) is 10.2. The van der Waals surface area contributed by atoms with E-state index in [1.165, 1.54) is 0 Å². The fourth-order valence-corrected chi connectivity index (χ4v) is 1.46. The standard InChI is InChI=1S/C10H17N3/c11-6-4-9(5-7-12)10-3-1-2-8-13-10/h1-3,8-9H,4-7,11-12H2. The Morgan fingerprint density at radius 3 is 2.31 bits per heavy atom. The molecule has 1 aromatic rings. The predicted octanol–water partition coefficient (Wildman–Crippen LogP) is 0.863. The lowest BCUT2D eigenvalue weighted by molar-refractivity contribution is 0.577. The zero-order chi connectivity index (χ0) is 9.52. The lowest BCUT2D eigenvalue weighted by Gasteiger charge is -2.13. The highest BCUT2D eigenvalue weighted by molar-refractivity contribution is 5.09. The molecule has 1 rings (SSSR count). The van der Waals surface area contributed by atoms with Gasteiger partial charge in [-0.25, -0.2) is 0 Å². The molecular formula is C10H17N3. The van der Waals surface area contributed by atoms with Crippen molar-refractivity contribution in [1.29, 1.82) is 0 Å². The van der Waals surface area contributed by atoms with Crippen LogP contribution in [0.2, 0.25) is 0 Å². The van der Waals surface area contributed by atoms with Gasteiger partial charge in [-0.15, -0.1) is 0 Å². The van der Waals surface area contributed by atoms with Crippen LogP contribution in [0, 0.1) is 0 Å². The van der Waals surface area contributed by atoms with Crippen LogP contribution in [0.1, 0.15) is 24.5 Å². The monoisotopic (exact) mass is 179 g/mol. The first-order valence-corrected chi connectivity index (χ1v) is 4.69. The molecule has 0 amide bonds. The van der Waals surface area contributed by atoms with Crippen LogP contribution in [0.5, 0.6) is 0 Å². The van der Waals surface area contributed by atoms with Crippen LogP contribution >= 0.6 is 0 Å². The zero-order valence-electron chi connectivity index (χ0n) is 7.82. The smallest absolute Gasteiger partial charge is 0.0435 e. The molecule has 0 aliphatic rings. The van der Waals surface area contributed by atoms with Gasteiger partial charge >= 0.3 is 0 Å². The highest BCUT2D eigenvalue weighted by Gasteiger charge is 2.09. The number of hydrogen-bond donors (Lipinski definition) is 2. The Balaban J connectivity index is 2.64. The van der Waals surface area contributed by atoms with Crippen molar-refractivity contribution >= 4 is 0 Å². The molecule has 0 unspecified atom stereocenters. The van der Waals surface area contributed by atoms with E-state index in [1.807, 2.05) is 24.4 Å². The first-order valence-electron chi connectivity index (χ1n) is 4.69. The number of nitrogens with two attached hydrogens (primary N) is 2. The van der Waals surface area contributed by atoms with Gasteiger partial charge in [0.05, 0.1) is 0 Å². The predicted molar refractivity (Wildman–Crippen MR) is 54.3 cm³/mol. The molecule has 1 heterocycles. The van der Waals surface area contributed by atoms with Gasteiger partial charge in [0.25, 0.3) is 0 Å². The Morgan fingerprint density at radius 2 is 1.85 bits per heavy atom. The molecule has 0 aliphatic heterocycles. The Bertz CT molecular complexity index is 217. The van der Waals surface area contributed by atoms with Crippen LogP contribution in [0.4, 0.5) is 0 Å². The third-order valence-corrected chi connectivity index (χ3v) is 2.14. The summed E-state index contributed by atoms with van der Waals surface area (Å²) < 4.78 is 0. The summed E-state index contributed by atoms with van der Waals surface area (Å²) in [6, 6.07) is 5.96. The Labute approximate surface area is 79.2 Å². The third-order valence-electron chi connectivity index (χ3n) is 2.14. The minimum absolute atomic E-state index is 0.427. The third kappa shape index (κ3) is 3.13. The molecule has 0 fully saturated rings. The van der Waals surface area contributed by atoms with Crippen LogP contribution in [0.15, 0.2) is 24.4 Å². The van der Waals surface area contributed by atoms with E-state index in [2.05, 4.69) is 4.98 Å². The van der Waals surface area contributed by atoms with E-state index in [0.717, 1.165) is 18.5 Å². The SMILES string of the molecule is NCCC(CCN)c1ccccn1. The van der Waals surface area contributed by atoms with E-state index in [4.69, 9.17) is 11.5 Å². The van der Waals surface area contributed by atoms with Crippen LogP contribution in [0.25, 0.3) is 0 Å². The largest absolute Gasteiger partial charge is 0.330 e. The van der Waals surface area contributed by atoms with Crippen molar-refractivity contribution in [3.8, 4) is 0 Å². The van der Waals surface area contributed by atoms with Crippen molar-refractivity contribution in [2.45, 2.75) is 18.8 Å². The Kier molecular flexibility index (Phi) is 4.43. The van der Waals surface area contributed by atoms with Crippen molar-refractivity contribution < 1.29 is 0 Å². The summed E-state index contributed by atoms with van der Waals surface area (Å²) in [4.78, 5) is 4.31. The van der Waals surface area contributed by atoms with Crippen molar-refractivity contribution in [2.24, 2.45) is 11.5 Å². The average Bonchev–Trinajstić information content (AvgIpc) is 2.19. The van der Waals surface area contributed by atoms with Gasteiger partial charge in [-0.3, -0.25) is 4.98 Å². The highest BCUT2D eigenvalue weighted by atomic mass is 14.7. The molecular weight excluding hydrogens is 162 g/mol. The summed E-state index contributed by atoms with van der Waals surface area (Å²) in [5.74, 6) is 0.427. The maximum atomic E-state index is 5.53. The molecule has 3 heteroatoms. The summed E-state index contributed by atoms with van der Waals surface area (Å²) in [6.45, 7) is 1.39. The van der Waals surface area contributed by atoms with Gasteiger partial charge in [-0.1, -0.05) is 6.07 Å². The van der Waals surface area contributed by atoms with Gasteiger partial charge < -0.3 is 11.5 Å². The Hall–Kier alpha value is -0.930. The fraction of sp³-hybridized carbons (Fsp3) is 0.500. The fourth-order valence-electron chi connectivity index (χ4n) is 1.46. The van der Waals surface area contributed by atoms with Crippen molar-refractivity contribution in [3.63, 3.8) is 0 Å². The maximum absolute atomic E-state index is 5.53. The molecule has 0 atom stereocenters. The molecule has 72 valence electrons. The second-order valence-corrected chi connectivity index (χ2v) is 3.11. The molecule has 0 saturated carbocycles. The van der Waals surface area contributed by atoms with E-state index in [0.29, 0.717) is 19.0 Å². The van der Waals surface area contributed by atoms with Gasteiger partial charge in [0.15, 0.2) is 0 Å². The molecule has 0 aliphatic carbocycles. The lowest BCUT2D eigenvalue weighted by Crippen LogP contribution is -2.13. The van der Waals surface area contributed by atoms with E-state index in [-0.39, 0.29) is 0 Å². The zero-order valence-corrected chi connectivity index (χ0v) is 7.82. The average molecular weight is 179 g/mol. The van der Waals surface area contributed by atoms with Crippen molar-refractivity contribution in [1.82, 2.24) is 4.98 Å². The molecule has 0 radical (unpaired) electrons. The summed E-state index contributed by atoms with van der Waals surface area (Å²) in [6.07, 6.45) is 3.75. The number of nitrogens with zero attached hydrogens (tertiary/aromatic N) is 1. The molecule has 1 aromatic heterocycles. The van der Waals surface area contributed by atoms with Crippen LogP contribution in [-0.2, 0) is 0 Å². The molecule has 4 N–H and O–H groups in total. The lowest BCUT2D eigenvalue weighted by atomic mass is 9.97. The van der Waals surface area contributed by atoms with Gasteiger partial charge in [0, 0.05) is 17.8 Å². The van der Waals surface area contributed by atoms with Crippen LogP contribution in [-0.4, -0.2) is 18.1 Å². The van der Waals surface area contributed by atoms with E-state index < -0.39 is 0 Å². The minimum Gasteiger partial charge on any atom is -0.330 e. The molecule has 0 aromatic carbocycles. The second kappa shape index (κ2) is 5.67.